The van der Waals surface area contributed by atoms with Crippen LogP contribution in [0.3, 0.4) is 0 Å². The van der Waals surface area contributed by atoms with E-state index in [2.05, 4.69) is 10.1 Å². The molecule has 0 saturated heterocycles. The second-order valence-corrected chi connectivity index (χ2v) is 5.90. The molecule has 0 spiro atoms. The molecule has 138 valence electrons. The highest BCUT2D eigenvalue weighted by Crippen LogP contribution is 2.19. The van der Waals surface area contributed by atoms with Crippen molar-refractivity contribution in [3.63, 3.8) is 0 Å². The molecule has 0 heterocycles. The van der Waals surface area contributed by atoms with Crippen LogP contribution in [0.15, 0.2) is 18.2 Å². The van der Waals surface area contributed by atoms with Gasteiger partial charge in [0.2, 0.25) is 0 Å². The Morgan fingerprint density at radius 2 is 2.00 bits per heavy atom. The van der Waals surface area contributed by atoms with Crippen molar-refractivity contribution in [3.8, 4) is 0 Å². The van der Waals surface area contributed by atoms with Gasteiger partial charge in [0.05, 0.1) is 13.5 Å². The highest BCUT2D eigenvalue weighted by Gasteiger charge is 2.27. The topological polar surface area (TPSA) is 81.7 Å². The summed E-state index contributed by atoms with van der Waals surface area (Å²) in [6.07, 6.45) is 0.246. The number of halogens is 2. The summed E-state index contributed by atoms with van der Waals surface area (Å²) in [6, 6.07) is 3.21. The first-order valence-electron chi connectivity index (χ1n) is 7.75. The number of ether oxygens (including phenoxy) is 2. The summed E-state index contributed by atoms with van der Waals surface area (Å²) < 4.78 is 23.1. The predicted octanol–water partition coefficient (Wildman–Crippen LogP) is 2.27. The Morgan fingerprint density at radius 1 is 1.32 bits per heavy atom. The molecule has 8 heteroatoms. The molecule has 0 saturated carbocycles. The summed E-state index contributed by atoms with van der Waals surface area (Å²) in [5, 5.41) is 2.57. The van der Waals surface area contributed by atoms with E-state index in [9.17, 15) is 18.8 Å². The third-order valence-electron chi connectivity index (χ3n) is 3.73. The van der Waals surface area contributed by atoms with E-state index >= 15 is 0 Å². The van der Waals surface area contributed by atoms with Gasteiger partial charge in [-0.25, -0.2) is 9.18 Å². The van der Waals surface area contributed by atoms with Crippen molar-refractivity contribution in [2.75, 3.05) is 13.7 Å². The minimum Gasteiger partial charge on any atom is -0.467 e. The largest absolute Gasteiger partial charge is 0.467 e. The molecule has 2 atom stereocenters. The number of carbonyl (C=O) groups is 3. The van der Waals surface area contributed by atoms with E-state index in [4.69, 9.17) is 16.3 Å². The quantitative estimate of drug-likeness (QED) is 0.707. The molecule has 1 N–H and O–H groups in total. The smallest absolute Gasteiger partial charge is 0.328 e. The summed E-state index contributed by atoms with van der Waals surface area (Å²) in [5.74, 6) is -2.81. The molecule has 25 heavy (non-hydrogen) atoms. The fourth-order valence-corrected chi connectivity index (χ4v) is 2.28. The summed E-state index contributed by atoms with van der Waals surface area (Å²) >= 11 is 5.83. The van der Waals surface area contributed by atoms with Gasteiger partial charge in [0.1, 0.15) is 11.9 Å². The van der Waals surface area contributed by atoms with Crippen LogP contribution in [0.4, 0.5) is 4.39 Å². The minimum absolute atomic E-state index is 0.00150. The molecule has 1 aromatic rings. The lowest BCUT2D eigenvalue weighted by molar-refractivity contribution is -0.150. The lowest BCUT2D eigenvalue weighted by atomic mass is 9.99. The van der Waals surface area contributed by atoms with E-state index in [-0.39, 0.29) is 16.5 Å². The maximum absolute atomic E-state index is 13.6. The van der Waals surface area contributed by atoms with Crippen LogP contribution in [-0.4, -0.2) is 37.6 Å². The molecule has 0 aliphatic rings. The number of esters is 2. The highest BCUT2D eigenvalue weighted by atomic mass is 35.5. The Kier molecular flexibility index (Phi) is 8.34. The lowest BCUT2D eigenvalue weighted by Gasteiger charge is -2.21. The Labute approximate surface area is 150 Å². The van der Waals surface area contributed by atoms with E-state index in [0.717, 1.165) is 0 Å². The maximum Gasteiger partial charge on any atom is 0.328 e. The van der Waals surface area contributed by atoms with E-state index in [1.54, 1.807) is 6.92 Å². The average Bonchev–Trinajstić information content (AvgIpc) is 2.59. The van der Waals surface area contributed by atoms with Crippen LogP contribution in [-0.2, 0) is 30.3 Å². The number of hydrogen-bond acceptors (Lipinski definition) is 5. The second-order valence-electron chi connectivity index (χ2n) is 5.49. The third-order valence-corrected chi connectivity index (χ3v) is 4.09. The average molecular weight is 374 g/mol. The summed E-state index contributed by atoms with van der Waals surface area (Å²) in [4.78, 5) is 35.4. The number of amides is 1. The molecule has 0 fully saturated rings. The molecule has 1 aromatic carbocycles. The van der Waals surface area contributed by atoms with Gasteiger partial charge in [-0.15, -0.1) is 0 Å². The minimum atomic E-state index is -0.831. The molecule has 1 rings (SSSR count). The van der Waals surface area contributed by atoms with Gasteiger partial charge in [0.15, 0.2) is 6.61 Å². The van der Waals surface area contributed by atoms with Gasteiger partial charge in [0.25, 0.3) is 5.91 Å². The van der Waals surface area contributed by atoms with Crippen molar-refractivity contribution in [1.29, 1.82) is 0 Å². The molecule has 0 radical (unpaired) electrons. The van der Waals surface area contributed by atoms with Crippen molar-refractivity contribution in [3.05, 3.63) is 34.6 Å². The molecule has 0 aliphatic heterocycles. The van der Waals surface area contributed by atoms with Gasteiger partial charge in [0, 0.05) is 10.6 Å². The summed E-state index contributed by atoms with van der Waals surface area (Å²) in [5.41, 5.74) is 0.00150. The van der Waals surface area contributed by atoms with Crippen LogP contribution in [0.25, 0.3) is 0 Å². The monoisotopic (exact) mass is 373 g/mol. The van der Waals surface area contributed by atoms with E-state index in [0.29, 0.717) is 6.42 Å². The van der Waals surface area contributed by atoms with E-state index < -0.39 is 42.7 Å². The number of methoxy groups -OCH3 is 1. The van der Waals surface area contributed by atoms with Crippen molar-refractivity contribution in [1.82, 2.24) is 5.32 Å². The first-order valence-corrected chi connectivity index (χ1v) is 8.13. The molecule has 6 nitrogen and oxygen atoms in total. The van der Waals surface area contributed by atoms with Gasteiger partial charge >= 0.3 is 11.9 Å². The van der Waals surface area contributed by atoms with E-state index in [1.165, 1.54) is 25.3 Å². The molecular formula is C17H21ClFNO5. The van der Waals surface area contributed by atoms with Crippen LogP contribution in [0.2, 0.25) is 5.02 Å². The lowest BCUT2D eigenvalue weighted by Crippen LogP contribution is -2.47. The molecular weight excluding hydrogens is 353 g/mol. The number of carbonyl (C=O) groups excluding carboxylic acids is 3. The van der Waals surface area contributed by atoms with Crippen LogP contribution >= 0.6 is 11.6 Å². The predicted molar refractivity (Wildman–Crippen MR) is 89.5 cm³/mol. The third kappa shape index (κ3) is 6.34. The van der Waals surface area contributed by atoms with Gasteiger partial charge < -0.3 is 14.8 Å². The van der Waals surface area contributed by atoms with E-state index in [1.807, 2.05) is 6.92 Å². The van der Waals surface area contributed by atoms with Gasteiger partial charge in [-0.1, -0.05) is 37.9 Å². The van der Waals surface area contributed by atoms with Gasteiger partial charge in [-0.3, -0.25) is 9.59 Å². The van der Waals surface area contributed by atoms with Crippen LogP contribution in [0, 0.1) is 11.7 Å². The van der Waals surface area contributed by atoms with Gasteiger partial charge in [-0.2, -0.15) is 0 Å². The number of rotatable bonds is 8. The van der Waals surface area contributed by atoms with Crippen LogP contribution < -0.4 is 5.32 Å². The molecule has 0 unspecified atom stereocenters. The number of hydrogen-bond donors (Lipinski definition) is 1. The molecule has 0 aliphatic carbocycles. The maximum atomic E-state index is 13.6. The Balaban J connectivity index is 2.57. The number of nitrogens with one attached hydrogen (secondary N) is 1. The van der Waals surface area contributed by atoms with Crippen molar-refractivity contribution in [2.45, 2.75) is 32.7 Å². The zero-order valence-electron chi connectivity index (χ0n) is 14.3. The second kappa shape index (κ2) is 9.98. The zero-order valence-corrected chi connectivity index (χ0v) is 15.1. The van der Waals surface area contributed by atoms with Crippen molar-refractivity contribution < 1.29 is 28.2 Å². The van der Waals surface area contributed by atoms with Crippen molar-refractivity contribution >= 4 is 29.4 Å². The Morgan fingerprint density at radius 3 is 2.56 bits per heavy atom. The van der Waals surface area contributed by atoms with Crippen molar-refractivity contribution in [2.24, 2.45) is 5.92 Å². The fourth-order valence-electron chi connectivity index (χ4n) is 2.05. The summed E-state index contributed by atoms with van der Waals surface area (Å²) in [6.45, 7) is 3.06. The molecule has 0 bridgehead atoms. The first kappa shape index (κ1) is 20.9. The van der Waals surface area contributed by atoms with Crippen LogP contribution in [0.1, 0.15) is 25.8 Å². The highest BCUT2D eigenvalue weighted by molar-refractivity contribution is 6.31. The summed E-state index contributed by atoms with van der Waals surface area (Å²) in [7, 11) is 1.22. The SMILES string of the molecule is CC[C@@H](C)[C@@H](NC(=O)COC(=O)Cc1c(F)cccc1Cl)C(=O)OC. The Bertz CT molecular complexity index is 617. The normalized spacial score (nSPS) is 12.8. The molecule has 0 aromatic heterocycles. The van der Waals surface area contributed by atoms with Crippen LogP contribution in [0.5, 0.6) is 0 Å². The molecule has 1 amide bonds. The zero-order chi connectivity index (χ0) is 19.0. The first-order chi connectivity index (χ1) is 11.8. The fraction of sp³-hybridized carbons (Fsp3) is 0.471. The standard InChI is InChI=1S/C17H21ClFNO5/c1-4-10(2)16(17(23)24-3)20-14(21)9-25-15(22)8-11-12(18)6-5-7-13(11)19/h5-7,10,16H,4,8-9H2,1-3H3,(H,20,21)/t10-,16-/m1/s1. The Hall–Kier alpha value is -2.15. The number of benzene rings is 1. The van der Waals surface area contributed by atoms with Gasteiger partial charge in [-0.05, 0) is 18.1 Å².